The van der Waals surface area contributed by atoms with Crippen molar-refractivity contribution in [3.8, 4) is 0 Å². The Morgan fingerprint density at radius 3 is 2.41 bits per heavy atom. The van der Waals surface area contributed by atoms with Crippen LogP contribution in [0.3, 0.4) is 0 Å². The number of fused-ring (bicyclic) bond motifs is 1. The third-order valence-corrected chi connectivity index (χ3v) is 9.84. The Hall–Kier alpha value is -3.70. The molecule has 0 spiro atoms. The average molecular weight is 643 g/mol. The fraction of sp³-hybridized carbons (Fsp3) is 0.676. The van der Waals surface area contributed by atoms with Gasteiger partial charge in [-0.3, -0.25) is 9.59 Å². The van der Waals surface area contributed by atoms with E-state index in [-0.39, 0.29) is 41.0 Å². The van der Waals surface area contributed by atoms with Gasteiger partial charge in [-0.25, -0.2) is 19.0 Å². The lowest BCUT2D eigenvalue weighted by molar-refractivity contribution is -0.142. The van der Waals surface area contributed by atoms with E-state index in [4.69, 9.17) is 13.9 Å². The van der Waals surface area contributed by atoms with Crippen LogP contribution in [0, 0.1) is 23.7 Å². The van der Waals surface area contributed by atoms with Crippen LogP contribution >= 0.6 is 0 Å². The highest BCUT2D eigenvalue weighted by Crippen LogP contribution is 2.41. The van der Waals surface area contributed by atoms with Gasteiger partial charge in [0.15, 0.2) is 0 Å². The van der Waals surface area contributed by atoms with Gasteiger partial charge in [0.1, 0.15) is 18.3 Å². The normalized spacial score (nSPS) is 24.8. The van der Waals surface area contributed by atoms with Crippen LogP contribution < -0.4 is 10.6 Å². The summed E-state index contributed by atoms with van der Waals surface area (Å²) in [6.07, 6.45) is 9.50. The third kappa shape index (κ3) is 7.81. The van der Waals surface area contributed by atoms with Gasteiger partial charge < -0.3 is 29.4 Å². The molecule has 2 N–H and O–H groups in total. The molecule has 0 radical (unpaired) electrons. The van der Waals surface area contributed by atoms with E-state index in [0.29, 0.717) is 49.2 Å². The van der Waals surface area contributed by atoms with Gasteiger partial charge in [0, 0.05) is 23.9 Å². The SMILES string of the molecule is COC(=O)c1cc2cc(NC(=O)[C@H]3[C@H](C4CCCCC4)CCN3C(=O)C3CCC([C@@H](CF)NC(=O)OC(C)(C)C)CC3)cnc2o1. The summed E-state index contributed by atoms with van der Waals surface area (Å²) < 4.78 is 29.5. The second-order valence-electron chi connectivity index (χ2n) is 14.1. The van der Waals surface area contributed by atoms with E-state index in [1.807, 2.05) is 0 Å². The van der Waals surface area contributed by atoms with Crippen molar-refractivity contribution in [3.05, 3.63) is 24.1 Å². The Morgan fingerprint density at radius 2 is 1.76 bits per heavy atom. The summed E-state index contributed by atoms with van der Waals surface area (Å²) in [5.41, 5.74) is 0.0225. The maximum absolute atomic E-state index is 14.1. The third-order valence-electron chi connectivity index (χ3n) is 9.84. The first-order valence-corrected chi connectivity index (χ1v) is 16.6. The van der Waals surface area contributed by atoms with Crippen molar-refractivity contribution in [2.24, 2.45) is 23.7 Å². The number of alkyl halides is 1. The number of likely N-dealkylation sites (tertiary alicyclic amines) is 1. The van der Waals surface area contributed by atoms with Gasteiger partial charge in [0.05, 0.1) is 25.0 Å². The van der Waals surface area contributed by atoms with Gasteiger partial charge in [-0.15, -0.1) is 0 Å². The number of halogens is 1. The number of ether oxygens (including phenoxy) is 2. The van der Waals surface area contributed by atoms with Crippen LogP contribution in [-0.4, -0.2) is 71.8 Å². The number of nitrogens with zero attached hydrogens (tertiary/aromatic N) is 2. The Labute approximate surface area is 269 Å². The van der Waals surface area contributed by atoms with Crippen molar-refractivity contribution in [3.63, 3.8) is 0 Å². The highest BCUT2D eigenvalue weighted by molar-refractivity contribution is 5.99. The molecular weight excluding hydrogens is 595 g/mol. The minimum absolute atomic E-state index is 0.0200. The lowest BCUT2D eigenvalue weighted by Crippen LogP contribution is -2.50. The standard InChI is InChI=1S/C34H47FN4O7/c1-34(2,3)46-33(43)38-26(18-35)21-10-12-22(13-11-21)31(41)39-15-14-25(20-8-6-5-7-9-20)28(39)29(40)37-24-16-23-17-27(32(42)44-4)45-30(23)36-19-24/h16-17,19-22,25-26,28H,5-15,18H2,1-4H3,(H,37,40)(H,38,43)/t21?,22?,25-,26+,28+/m0/s1. The number of carbonyl (C=O) groups excluding carboxylic acids is 4. The van der Waals surface area contributed by atoms with Gasteiger partial charge in [0.25, 0.3) is 0 Å². The molecule has 3 heterocycles. The van der Waals surface area contributed by atoms with Crippen LogP contribution in [-0.2, 0) is 19.1 Å². The Bertz CT molecular complexity index is 1410. The molecule has 0 aromatic carbocycles. The second-order valence-corrected chi connectivity index (χ2v) is 14.1. The summed E-state index contributed by atoms with van der Waals surface area (Å²) in [6, 6.07) is 1.94. The smallest absolute Gasteiger partial charge is 0.407 e. The Morgan fingerprint density at radius 1 is 1.04 bits per heavy atom. The Kier molecular flexibility index (Phi) is 10.5. The molecule has 2 saturated carbocycles. The van der Waals surface area contributed by atoms with E-state index in [1.165, 1.54) is 25.8 Å². The van der Waals surface area contributed by atoms with Gasteiger partial charge in [-0.05, 0) is 76.7 Å². The van der Waals surface area contributed by atoms with E-state index in [2.05, 4.69) is 15.6 Å². The molecule has 3 aliphatic rings. The van der Waals surface area contributed by atoms with Crippen LogP contribution in [0.1, 0.15) is 95.5 Å². The molecule has 1 saturated heterocycles. The van der Waals surface area contributed by atoms with Gasteiger partial charge >= 0.3 is 12.1 Å². The topological polar surface area (TPSA) is 140 Å². The molecule has 0 unspecified atom stereocenters. The predicted octanol–water partition coefficient (Wildman–Crippen LogP) is 6.02. The number of amides is 3. The lowest BCUT2D eigenvalue weighted by Gasteiger charge is -2.37. The zero-order valence-corrected chi connectivity index (χ0v) is 27.3. The van der Waals surface area contributed by atoms with E-state index in [0.717, 1.165) is 32.1 Å². The zero-order valence-electron chi connectivity index (χ0n) is 27.3. The van der Waals surface area contributed by atoms with Crippen LogP contribution in [0.25, 0.3) is 11.1 Å². The van der Waals surface area contributed by atoms with Crippen molar-refractivity contribution in [1.82, 2.24) is 15.2 Å². The molecule has 12 heteroatoms. The maximum Gasteiger partial charge on any atom is 0.407 e. The fourth-order valence-electron chi connectivity index (χ4n) is 7.62. The van der Waals surface area contributed by atoms with E-state index < -0.39 is 36.4 Å². The molecular formula is C34H47FN4O7. The molecule has 3 atom stereocenters. The highest BCUT2D eigenvalue weighted by atomic mass is 19.1. The Balaban J connectivity index is 1.27. The zero-order chi connectivity index (χ0) is 33.0. The molecule has 5 rings (SSSR count). The van der Waals surface area contributed by atoms with Crippen molar-refractivity contribution < 1.29 is 37.5 Å². The van der Waals surface area contributed by atoms with Crippen molar-refractivity contribution in [1.29, 1.82) is 0 Å². The molecule has 3 fully saturated rings. The lowest BCUT2D eigenvalue weighted by atomic mass is 9.76. The van der Waals surface area contributed by atoms with Crippen LogP contribution in [0.5, 0.6) is 0 Å². The number of anilines is 1. The highest BCUT2D eigenvalue weighted by Gasteiger charge is 2.47. The first kappa shape index (κ1) is 33.7. The number of alkyl carbamates (subject to hydrolysis) is 1. The predicted molar refractivity (Wildman–Crippen MR) is 169 cm³/mol. The van der Waals surface area contributed by atoms with E-state index in [1.54, 1.807) is 31.7 Å². The molecule has 11 nitrogen and oxygen atoms in total. The van der Waals surface area contributed by atoms with Crippen molar-refractivity contribution in [2.75, 3.05) is 25.6 Å². The quantitative estimate of drug-likeness (QED) is 0.333. The summed E-state index contributed by atoms with van der Waals surface area (Å²) in [5, 5.41) is 6.23. The molecule has 2 aliphatic carbocycles. The summed E-state index contributed by atoms with van der Waals surface area (Å²) in [7, 11) is 1.27. The number of furan rings is 1. The first-order chi connectivity index (χ1) is 22.0. The largest absolute Gasteiger partial charge is 0.463 e. The number of rotatable bonds is 8. The van der Waals surface area contributed by atoms with Crippen LogP contribution in [0.15, 0.2) is 22.7 Å². The molecule has 3 amide bonds. The molecule has 2 aromatic rings. The number of carbonyl (C=O) groups is 4. The maximum atomic E-state index is 14.1. The van der Waals surface area contributed by atoms with Gasteiger partial charge in [0.2, 0.25) is 23.3 Å². The minimum atomic E-state index is -0.705. The monoisotopic (exact) mass is 642 g/mol. The number of nitrogens with one attached hydrogen (secondary N) is 2. The number of hydrogen-bond donors (Lipinski definition) is 2. The second kappa shape index (κ2) is 14.4. The van der Waals surface area contributed by atoms with Crippen LogP contribution in [0.4, 0.5) is 14.9 Å². The first-order valence-electron chi connectivity index (χ1n) is 16.6. The number of methoxy groups -OCH3 is 1. The molecule has 1 aliphatic heterocycles. The number of aromatic nitrogens is 1. The summed E-state index contributed by atoms with van der Waals surface area (Å²) >= 11 is 0. The number of hydrogen-bond acceptors (Lipinski definition) is 8. The summed E-state index contributed by atoms with van der Waals surface area (Å²) in [4.78, 5) is 58.3. The minimum Gasteiger partial charge on any atom is -0.463 e. The van der Waals surface area contributed by atoms with Crippen LogP contribution in [0.2, 0.25) is 0 Å². The molecule has 2 aromatic heterocycles. The van der Waals surface area contributed by atoms with E-state index in [9.17, 15) is 23.6 Å². The molecule has 252 valence electrons. The molecule has 0 bridgehead atoms. The van der Waals surface area contributed by atoms with Gasteiger partial charge in [-0.2, -0.15) is 0 Å². The van der Waals surface area contributed by atoms with Gasteiger partial charge in [-0.1, -0.05) is 32.1 Å². The summed E-state index contributed by atoms with van der Waals surface area (Å²) in [5.74, 6) is -0.796. The summed E-state index contributed by atoms with van der Waals surface area (Å²) in [6.45, 7) is 5.09. The van der Waals surface area contributed by atoms with Crippen molar-refractivity contribution in [2.45, 2.75) is 103 Å². The van der Waals surface area contributed by atoms with Crippen molar-refractivity contribution >= 4 is 40.7 Å². The van der Waals surface area contributed by atoms with E-state index >= 15 is 0 Å². The molecule has 46 heavy (non-hydrogen) atoms. The number of esters is 1. The number of pyridine rings is 1. The average Bonchev–Trinajstić information content (AvgIpc) is 3.67. The fourth-order valence-corrected chi connectivity index (χ4v) is 7.62.